The van der Waals surface area contributed by atoms with Gasteiger partial charge in [0.05, 0.1) is 6.42 Å². The van der Waals surface area contributed by atoms with Gasteiger partial charge in [-0.1, -0.05) is 19.8 Å². The molecule has 0 aromatic carbocycles. The van der Waals surface area contributed by atoms with E-state index in [1.54, 1.807) is 0 Å². The fourth-order valence-corrected chi connectivity index (χ4v) is 2.25. The topological polar surface area (TPSA) is 63.3 Å². The van der Waals surface area contributed by atoms with Crippen LogP contribution in [0.2, 0.25) is 0 Å². The molecule has 0 aromatic rings. The van der Waals surface area contributed by atoms with Crippen molar-refractivity contribution in [2.45, 2.75) is 32.6 Å². The molecular formula is C9H17NO2. The summed E-state index contributed by atoms with van der Waals surface area (Å²) in [6.45, 7) is 2.63. The lowest BCUT2D eigenvalue weighted by Crippen LogP contribution is -2.35. The predicted octanol–water partition coefficient (Wildman–Crippen LogP) is 1.23. The molecule has 3 heteroatoms. The molecule has 12 heavy (non-hydrogen) atoms. The average Bonchev–Trinajstić information content (AvgIpc) is 2.32. The van der Waals surface area contributed by atoms with Gasteiger partial charge in [-0.2, -0.15) is 0 Å². The highest BCUT2D eigenvalue weighted by molar-refractivity contribution is 5.67. The molecule has 3 N–H and O–H groups in total. The van der Waals surface area contributed by atoms with Crippen LogP contribution < -0.4 is 5.73 Å². The van der Waals surface area contributed by atoms with Crippen molar-refractivity contribution < 1.29 is 9.90 Å². The van der Waals surface area contributed by atoms with Gasteiger partial charge in [0.25, 0.3) is 0 Å². The Morgan fingerprint density at radius 1 is 1.75 bits per heavy atom. The highest BCUT2D eigenvalue weighted by Crippen LogP contribution is 2.44. The second-order valence-electron chi connectivity index (χ2n) is 3.93. The van der Waals surface area contributed by atoms with E-state index >= 15 is 0 Å². The normalized spacial score (nSPS) is 35.3. The summed E-state index contributed by atoms with van der Waals surface area (Å²) in [5, 5.41) is 8.73. The summed E-state index contributed by atoms with van der Waals surface area (Å²) in [6, 6.07) is 0. The van der Waals surface area contributed by atoms with Crippen LogP contribution in [0, 0.1) is 11.3 Å². The number of hydrogen-bond donors (Lipinski definition) is 2. The first kappa shape index (κ1) is 9.52. The minimum Gasteiger partial charge on any atom is -0.481 e. The second-order valence-corrected chi connectivity index (χ2v) is 3.93. The number of hydrogen-bond acceptors (Lipinski definition) is 2. The van der Waals surface area contributed by atoms with Crippen LogP contribution in [0.3, 0.4) is 0 Å². The summed E-state index contributed by atoms with van der Waals surface area (Å²) in [4.78, 5) is 10.6. The number of carboxylic acid groups (broad SMARTS) is 1. The van der Waals surface area contributed by atoms with Crippen LogP contribution in [0.25, 0.3) is 0 Å². The van der Waals surface area contributed by atoms with Crippen molar-refractivity contribution >= 4 is 5.97 Å². The first-order valence-corrected chi connectivity index (χ1v) is 4.52. The minimum atomic E-state index is -0.714. The van der Waals surface area contributed by atoms with Crippen LogP contribution in [-0.4, -0.2) is 17.6 Å². The summed E-state index contributed by atoms with van der Waals surface area (Å²) in [6.07, 6.45) is 3.48. The maximum atomic E-state index is 10.6. The van der Waals surface area contributed by atoms with E-state index in [1.165, 1.54) is 0 Å². The first-order chi connectivity index (χ1) is 5.60. The zero-order valence-corrected chi connectivity index (χ0v) is 7.55. The second kappa shape index (κ2) is 3.44. The minimum absolute atomic E-state index is 0.105. The lowest BCUT2D eigenvalue weighted by Gasteiger charge is -2.30. The van der Waals surface area contributed by atoms with Crippen molar-refractivity contribution in [3.63, 3.8) is 0 Å². The fourth-order valence-electron chi connectivity index (χ4n) is 2.25. The van der Waals surface area contributed by atoms with Gasteiger partial charge >= 0.3 is 5.97 Å². The molecule has 70 valence electrons. The van der Waals surface area contributed by atoms with Crippen LogP contribution >= 0.6 is 0 Å². The van der Waals surface area contributed by atoms with E-state index in [2.05, 4.69) is 6.92 Å². The Hall–Kier alpha value is -0.570. The van der Waals surface area contributed by atoms with E-state index in [1.807, 2.05) is 0 Å². The molecule has 1 aliphatic rings. The quantitative estimate of drug-likeness (QED) is 0.671. The van der Waals surface area contributed by atoms with Crippen molar-refractivity contribution in [1.29, 1.82) is 0 Å². The predicted molar refractivity (Wildman–Crippen MR) is 46.8 cm³/mol. The molecule has 0 heterocycles. The zero-order chi connectivity index (χ0) is 9.19. The summed E-state index contributed by atoms with van der Waals surface area (Å²) in [5.41, 5.74) is 5.54. The van der Waals surface area contributed by atoms with Crippen LogP contribution in [0.4, 0.5) is 0 Å². The molecule has 1 fully saturated rings. The van der Waals surface area contributed by atoms with Crippen molar-refractivity contribution in [2.24, 2.45) is 17.1 Å². The number of carbonyl (C=O) groups is 1. The molecule has 0 aliphatic heterocycles. The lowest BCUT2D eigenvalue weighted by molar-refractivity contribution is -0.140. The largest absolute Gasteiger partial charge is 0.481 e. The Balaban J connectivity index is 2.67. The zero-order valence-electron chi connectivity index (χ0n) is 7.55. The van der Waals surface area contributed by atoms with Gasteiger partial charge in [0.1, 0.15) is 0 Å². The molecule has 1 saturated carbocycles. The van der Waals surface area contributed by atoms with Crippen LogP contribution in [-0.2, 0) is 4.79 Å². The van der Waals surface area contributed by atoms with Crippen molar-refractivity contribution in [1.82, 2.24) is 0 Å². The molecule has 0 unspecified atom stereocenters. The van der Waals surface area contributed by atoms with Gasteiger partial charge in [0.2, 0.25) is 0 Å². The van der Waals surface area contributed by atoms with E-state index in [4.69, 9.17) is 10.8 Å². The molecular weight excluding hydrogens is 154 g/mol. The summed E-state index contributed by atoms with van der Waals surface area (Å²) in [7, 11) is 0. The fraction of sp³-hybridized carbons (Fsp3) is 0.889. The molecule has 0 bridgehead atoms. The van der Waals surface area contributed by atoms with Gasteiger partial charge in [-0.25, -0.2) is 0 Å². The Morgan fingerprint density at radius 3 is 2.75 bits per heavy atom. The average molecular weight is 171 g/mol. The van der Waals surface area contributed by atoms with E-state index < -0.39 is 5.97 Å². The van der Waals surface area contributed by atoms with Gasteiger partial charge in [-0.3, -0.25) is 4.79 Å². The molecule has 2 atom stereocenters. The standard InChI is InChI=1S/C9H17NO2/c1-7-3-2-4-9(7,6-10)5-8(11)12/h7H,2-6,10H2,1H3,(H,11,12)/t7-,9-/m1/s1. The highest BCUT2D eigenvalue weighted by Gasteiger charge is 2.40. The SMILES string of the molecule is C[C@@H]1CCC[C@]1(CN)CC(=O)O. The highest BCUT2D eigenvalue weighted by atomic mass is 16.4. The molecule has 3 nitrogen and oxygen atoms in total. The van der Waals surface area contributed by atoms with E-state index in [0.29, 0.717) is 12.5 Å². The molecule has 0 amide bonds. The van der Waals surface area contributed by atoms with Gasteiger partial charge < -0.3 is 10.8 Å². The molecule has 0 aromatic heterocycles. The maximum absolute atomic E-state index is 10.6. The first-order valence-electron chi connectivity index (χ1n) is 4.52. The van der Waals surface area contributed by atoms with E-state index in [9.17, 15) is 4.79 Å². The lowest BCUT2D eigenvalue weighted by atomic mass is 9.76. The molecule has 0 radical (unpaired) electrons. The van der Waals surface area contributed by atoms with Crippen LogP contribution in [0.15, 0.2) is 0 Å². The van der Waals surface area contributed by atoms with E-state index in [0.717, 1.165) is 19.3 Å². The Bertz CT molecular complexity index is 181. The molecule has 1 rings (SSSR count). The Morgan fingerprint density at radius 2 is 2.42 bits per heavy atom. The third-order valence-electron chi connectivity index (χ3n) is 3.27. The van der Waals surface area contributed by atoms with Gasteiger partial charge in [-0.05, 0) is 24.3 Å². The van der Waals surface area contributed by atoms with Gasteiger partial charge in [0.15, 0.2) is 0 Å². The van der Waals surface area contributed by atoms with Crippen molar-refractivity contribution in [2.75, 3.05) is 6.54 Å². The Labute approximate surface area is 72.9 Å². The summed E-state index contributed by atoms with van der Waals surface area (Å²) >= 11 is 0. The van der Waals surface area contributed by atoms with Crippen molar-refractivity contribution in [3.05, 3.63) is 0 Å². The van der Waals surface area contributed by atoms with Gasteiger partial charge in [0, 0.05) is 0 Å². The van der Waals surface area contributed by atoms with Crippen LogP contribution in [0.5, 0.6) is 0 Å². The van der Waals surface area contributed by atoms with Crippen LogP contribution in [0.1, 0.15) is 32.6 Å². The summed E-state index contributed by atoms with van der Waals surface area (Å²) in [5.74, 6) is -0.243. The monoisotopic (exact) mass is 171 g/mol. The smallest absolute Gasteiger partial charge is 0.303 e. The maximum Gasteiger partial charge on any atom is 0.303 e. The molecule has 0 spiro atoms. The van der Waals surface area contributed by atoms with Crippen molar-refractivity contribution in [3.8, 4) is 0 Å². The number of carboxylic acids is 1. The van der Waals surface area contributed by atoms with E-state index in [-0.39, 0.29) is 11.8 Å². The molecule has 0 saturated heterocycles. The Kier molecular flexibility index (Phi) is 2.73. The van der Waals surface area contributed by atoms with Gasteiger partial charge in [-0.15, -0.1) is 0 Å². The number of nitrogens with two attached hydrogens (primary N) is 1. The summed E-state index contributed by atoms with van der Waals surface area (Å²) < 4.78 is 0. The third kappa shape index (κ3) is 1.61. The number of aliphatic carboxylic acids is 1. The number of rotatable bonds is 3. The molecule has 1 aliphatic carbocycles. The third-order valence-corrected chi connectivity index (χ3v) is 3.27.